The average Bonchev–Trinajstić information content (AvgIpc) is 2.74. The predicted octanol–water partition coefficient (Wildman–Crippen LogP) is 4.63. The molecule has 6 heteroatoms. The van der Waals surface area contributed by atoms with E-state index in [1.165, 1.54) is 12.1 Å². The van der Waals surface area contributed by atoms with Gasteiger partial charge >= 0.3 is 0 Å². The zero-order valence-electron chi connectivity index (χ0n) is 15.2. The molecule has 0 radical (unpaired) electrons. The molecule has 0 aromatic heterocycles. The van der Waals surface area contributed by atoms with Gasteiger partial charge in [-0.05, 0) is 11.1 Å². The molecule has 6 nitrogen and oxygen atoms in total. The Balaban J connectivity index is 1.72. The lowest BCUT2D eigenvalue weighted by molar-refractivity contribution is -0.384. The van der Waals surface area contributed by atoms with Crippen LogP contribution in [0.15, 0.2) is 84.9 Å². The molecule has 3 rings (SSSR count). The number of rotatable bonds is 9. The van der Waals surface area contributed by atoms with Crippen molar-refractivity contribution in [1.29, 1.82) is 0 Å². The lowest BCUT2D eigenvalue weighted by Crippen LogP contribution is -2.24. The zero-order chi connectivity index (χ0) is 19.8. The number of benzene rings is 3. The lowest BCUT2D eigenvalue weighted by Gasteiger charge is -2.18. The summed E-state index contributed by atoms with van der Waals surface area (Å²) < 4.78 is 0. The Morgan fingerprint density at radius 1 is 0.929 bits per heavy atom. The standard InChI is InChI=1S/C22H20N2O4/c25-22(19-9-5-2-6-10-19)15-21(18-11-13-20(14-12-18)24(26)27)23-28-16-17-7-3-1-4-8-17/h1-14,21,23H,15-16H2/t21-/m0/s1. The highest BCUT2D eigenvalue weighted by Gasteiger charge is 2.18. The normalized spacial score (nSPS) is 11.7. The molecule has 28 heavy (non-hydrogen) atoms. The third-order valence-corrected chi connectivity index (χ3v) is 4.30. The molecular formula is C22H20N2O4. The average molecular weight is 376 g/mol. The van der Waals surface area contributed by atoms with E-state index in [-0.39, 0.29) is 17.9 Å². The van der Waals surface area contributed by atoms with Gasteiger partial charge in [-0.2, -0.15) is 5.48 Å². The van der Waals surface area contributed by atoms with Crippen molar-refractivity contribution in [1.82, 2.24) is 5.48 Å². The van der Waals surface area contributed by atoms with Gasteiger partial charge < -0.3 is 0 Å². The topological polar surface area (TPSA) is 81.5 Å². The molecule has 0 amide bonds. The van der Waals surface area contributed by atoms with Gasteiger partial charge in [-0.25, -0.2) is 0 Å². The first-order valence-corrected chi connectivity index (χ1v) is 8.87. The van der Waals surface area contributed by atoms with Gasteiger partial charge in [0.25, 0.3) is 5.69 Å². The molecule has 3 aromatic rings. The van der Waals surface area contributed by atoms with Gasteiger partial charge in [-0.3, -0.25) is 19.7 Å². The molecule has 1 N–H and O–H groups in total. The second kappa shape index (κ2) is 9.55. The summed E-state index contributed by atoms with van der Waals surface area (Å²) in [4.78, 5) is 28.7. The molecule has 0 aliphatic carbocycles. The summed E-state index contributed by atoms with van der Waals surface area (Å²) in [5.41, 5.74) is 5.29. The molecule has 0 spiro atoms. The summed E-state index contributed by atoms with van der Waals surface area (Å²) in [6.45, 7) is 0.337. The minimum atomic E-state index is -0.451. The van der Waals surface area contributed by atoms with Crippen LogP contribution >= 0.6 is 0 Å². The first-order chi connectivity index (χ1) is 13.6. The fourth-order valence-electron chi connectivity index (χ4n) is 2.78. The van der Waals surface area contributed by atoms with Crippen LogP contribution in [-0.4, -0.2) is 10.7 Å². The maximum Gasteiger partial charge on any atom is 0.269 e. The number of hydrogen-bond donors (Lipinski definition) is 1. The quantitative estimate of drug-likeness (QED) is 0.334. The Morgan fingerprint density at radius 2 is 1.54 bits per heavy atom. The van der Waals surface area contributed by atoms with Crippen molar-refractivity contribution in [3.63, 3.8) is 0 Å². The molecular weight excluding hydrogens is 356 g/mol. The number of nitro groups is 1. The number of ketones is 1. The third-order valence-electron chi connectivity index (χ3n) is 4.30. The first kappa shape index (κ1) is 19.4. The largest absolute Gasteiger partial charge is 0.296 e. The molecule has 3 aromatic carbocycles. The van der Waals surface area contributed by atoms with Gasteiger partial charge in [0.05, 0.1) is 17.6 Å². The van der Waals surface area contributed by atoms with Crippen LogP contribution in [0.1, 0.15) is 33.9 Å². The minimum absolute atomic E-state index is 0.00194. The van der Waals surface area contributed by atoms with Crippen molar-refractivity contribution >= 4 is 11.5 Å². The van der Waals surface area contributed by atoms with Gasteiger partial charge in [0.1, 0.15) is 0 Å². The monoisotopic (exact) mass is 376 g/mol. The van der Waals surface area contributed by atoms with Crippen molar-refractivity contribution in [3.8, 4) is 0 Å². The molecule has 0 unspecified atom stereocenters. The molecule has 142 valence electrons. The van der Waals surface area contributed by atoms with Gasteiger partial charge in [-0.15, -0.1) is 0 Å². The second-order valence-corrected chi connectivity index (χ2v) is 6.29. The molecule has 0 heterocycles. The van der Waals surface area contributed by atoms with Gasteiger partial charge in [-0.1, -0.05) is 72.8 Å². The fraction of sp³-hybridized carbons (Fsp3) is 0.136. The van der Waals surface area contributed by atoms with Crippen LogP contribution in [0, 0.1) is 10.1 Å². The van der Waals surface area contributed by atoms with E-state index in [9.17, 15) is 14.9 Å². The second-order valence-electron chi connectivity index (χ2n) is 6.29. The van der Waals surface area contributed by atoms with E-state index in [4.69, 9.17) is 4.84 Å². The Labute approximate surface area is 162 Å². The summed E-state index contributed by atoms with van der Waals surface area (Å²) in [6, 6.07) is 24.4. The maximum absolute atomic E-state index is 12.6. The SMILES string of the molecule is O=C(C[C@H](NOCc1ccccc1)c1ccc([N+](=O)[O-])cc1)c1ccccc1. The maximum atomic E-state index is 12.6. The number of carbonyl (C=O) groups excluding carboxylic acids is 1. The van der Waals surface area contributed by atoms with Crippen LogP contribution in [0.5, 0.6) is 0 Å². The van der Waals surface area contributed by atoms with Crippen LogP contribution < -0.4 is 5.48 Å². The van der Waals surface area contributed by atoms with Gasteiger partial charge in [0, 0.05) is 24.1 Å². The summed E-state index contributed by atoms with van der Waals surface area (Å²) in [7, 11) is 0. The number of carbonyl (C=O) groups is 1. The van der Waals surface area contributed by atoms with Crippen LogP contribution in [-0.2, 0) is 11.4 Å². The summed E-state index contributed by atoms with van der Waals surface area (Å²) in [5, 5.41) is 10.9. The van der Waals surface area contributed by atoms with Crippen molar-refractivity contribution in [3.05, 3.63) is 112 Å². The fourth-order valence-corrected chi connectivity index (χ4v) is 2.78. The Kier molecular flexibility index (Phi) is 6.62. The number of nitrogens with one attached hydrogen (secondary N) is 1. The number of nitrogens with zero attached hydrogens (tertiary/aromatic N) is 1. The van der Waals surface area contributed by atoms with E-state index >= 15 is 0 Å². The van der Waals surface area contributed by atoms with Crippen LogP contribution in [0.4, 0.5) is 5.69 Å². The van der Waals surface area contributed by atoms with E-state index in [1.807, 2.05) is 48.5 Å². The van der Waals surface area contributed by atoms with Crippen molar-refractivity contribution < 1.29 is 14.6 Å². The van der Waals surface area contributed by atoms with E-state index in [0.717, 1.165) is 11.1 Å². The van der Waals surface area contributed by atoms with Crippen molar-refractivity contribution in [2.45, 2.75) is 19.1 Å². The molecule has 0 fully saturated rings. The highest BCUT2D eigenvalue weighted by molar-refractivity contribution is 5.96. The highest BCUT2D eigenvalue weighted by atomic mass is 16.6. The Morgan fingerprint density at radius 3 is 2.14 bits per heavy atom. The van der Waals surface area contributed by atoms with E-state index in [1.54, 1.807) is 24.3 Å². The summed E-state index contributed by atoms with van der Waals surface area (Å²) in [6.07, 6.45) is 0.163. The number of Topliss-reactive ketones (excluding diaryl/α,β-unsaturated/α-hetero) is 1. The van der Waals surface area contributed by atoms with E-state index < -0.39 is 11.0 Å². The number of non-ortho nitro benzene ring substituents is 1. The zero-order valence-corrected chi connectivity index (χ0v) is 15.2. The smallest absolute Gasteiger partial charge is 0.269 e. The van der Waals surface area contributed by atoms with E-state index in [0.29, 0.717) is 12.2 Å². The van der Waals surface area contributed by atoms with Gasteiger partial charge in [0.15, 0.2) is 5.78 Å². The Bertz CT molecular complexity index is 912. The Hall–Kier alpha value is -3.35. The molecule has 0 bridgehead atoms. The van der Waals surface area contributed by atoms with Crippen LogP contribution in [0.3, 0.4) is 0 Å². The highest BCUT2D eigenvalue weighted by Crippen LogP contribution is 2.22. The molecule has 0 saturated carbocycles. The molecule has 0 aliphatic rings. The predicted molar refractivity (Wildman–Crippen MR) is 106 cm³/mol. The van der Waals surface area contributed by atoms with Gasteiger partial charge in [0.2, 0.25) is 0 Å². The van der Waals surface area contributed by atoms with E-state index in [2.05, 4.69) is 5.48 Å². The van der Waals surface area contributed by atoms with Crippen LogP contribution in [0.25, 0.3) is 0 Å². The van der Waals surface area contributed by atoms with Crippen molar-refractivity contribution in [2.24, 2.45) is 0 Å². The molecule has 0 aliphatic heterocycles. The van der Waals surface area contributed by atoms with Crippen LogP contribution in [0.2, 0.25) is 0 Å². The number of nitro benzene ring substituents is 1. The number of hydrogen-bond acceptors (Lipinski definition) is 5. The first-order valence-electron chi connectivity index (χ1n) is 8.87. The third kappa shape index (κ3) is 5.33. The summed E-state index contributed by atoms with van der Waals surface area (Å²) in [5.74, 6) is -0.0419. The lowest BCUT2D eigenvalue weighted by atomic mass is 9.98. The number of hydroxylamine groups is 1. The molecule has 0 saturated heterocycles. The molecule has 1 atom stereocenters. The van der Waals surface area contributed by atoms with Crippen molar-refractivity contribution in [2.75, 3.05) is 0 Å². The minimum Gasteiger partial charge on any atom is -0.296 e. The summed E-state index contributed by atoms with van der Waals surface area (Å²) >= 11 is 0.